The second kappa shape index (κ2) is 8.70. The van der Waals surface area contributed by atoms with Crippen LogP contribution in [0.1, 0.15) is 78.9 Å². The average molecular weight is 395 g/mol. The van der Waals surface area contributed by atoms with Crippen molar-refractivity contribution in [3.05, 3.63) is 52.3 Å². The van der Waals surface area contributed by atoms with Gasteiger partial charge in [0.1, 0.15) is 0 Å². The molecule has 0 unspecified atom stereocenters. The number of hydrogen-bond acceptors (Lipinski definition) is 3. The van der Waals surface area contributed by atoms with E-state index in [4.69, 9.17) is 5.10 Å². The first kappa shape index (κ1) is 20.1. The number of aryl methyl sites for hydroxylation is 1. The summed E-state index contributed by atoms with van der Waals surface area (Å²) in [5.41, 5.74) is 5.94. The Labute approximate surface area is 174 Å². The van der Waals surface area contributed by atoms with Gasteiger partial charge in [-0.2, -0.15) is 5.10 Å². The van der Waals surface area contributed by atoms with Crippen molar-refractivity contribution >= 4 is 5.91 Å². The lowest BCUT2D eigenvalue weighted by molar-refractivity contribution is 0.0728. The fraction of sp³-hybridized carbons (Fsp3) is 0.583. The molecule has 0 bridgehead atoms. The van der Waals surface area contributed by atoms with Gasteiger partial charge in [-0.15, -0.1) is 0 Å². The monoisotopic (exact) mass is 394 g/mol. The summed E-state index contributed by atoms with van der Waals surface area (Å²) in [5.74, 6) is 0.135. The standard InChI is InChI=1S/C24H34N4O/c1-4-7-19-8-10-20(11-9-19)24(29)27-15-12-21-22(16-26-13-5-6-14-26)25-28(18(2)3)23(21)17-27/h8-11,18H,4-7,12-17H2,1-3H3. The molecule has 2 aromatic rings. The zero-order chi connectivity index (χ0) is 20.4. The molecule has 2 aliphatic heterocycles. The normalized spacial score (nSPS) is 17.2. The summed E-state index contributed by atoms with van der Waals surface area (Å²) in [4.78, 5) is 17.6. The van der Waals surface area contributed by atoms with Gasteiger partial charge in [-0.1, -0.05) is 25.5 Å². The van der Waals surface area contributed by atoms with Crippen molar-refractivity contribution in [2.45, 2.75) is 72.0 Å². The van der Waals surface area contributed by atoms with Crippen LogP contribution in [-0.4, -0.2) is 45.1 Å². The van der Waals surface area contributed by atoms with Crippen molar-refractivity contribution in [3.63, 3.8) is 0 Å². The van der Waals surface area contributed by atoms with Crippen LogP contribution in [0.4, 0.5) is 0 Å². The molecule has 4 rings (SSSR count). The van der Waals surface area contributed by atoms with Gasteiger partial charge in [-0.25, -0.2) is 0 Å². The summed E-state index contributed by atoms with van der Waals surface area (Å²) < 4.78 is 2.16. The number of hydrogen-bond donors (Lipinski definition) is 0. The summed E-state index contributed by atoms with van der Waals surface area (Å²) in [7, 11) is 0. The van der Waals surface area contributed by atoms with E-state index in [-0.39, 0.29) is 5.91 Å². The molecule has 2 aliphatic rings. The third-order valence-electron chi connectivity index (χ3n) is 6.26. The highest BCUT2D eigenvalue weighted by Crippen LogP contribution is 2.28. The zero-order valence-electron chi connectivity index (χ0n) is 18.2. The Bertz CT molecular complexity index is 847. The van der Waals surface area contributed by atoms with Crippen LogP contribution in [0.15, 0.2) is 24.3 Å². The highest BCUT2D eigenvalue weighted by Gasteiger charge is 2.29. The predicted molar refractivity (Wildman–Crippen MR) is 116 cm³/mol. The number of benzene rings is 1. The van der Waals surface area contributed by atoms with Crippen molar-refractivity contribution in [2.75, 3.05) is 19.6 Å². The number of carbonyl (C=O) groups excluding carboxylic acids is 1. The number of carbonyl (C=O) groups is 1. The van der Waals surface area contributed by atoms with E-state index in [1.807, 2.05) is 17.0 Å². The second-order valence-corrected chi connectivity index (χ2v) is 8.82. The molecule has 0 aliphatic carbocycles. The fourth-order valence-corrected chi connectivity index (χ4v) is 4.68. The number of aromatic nitrogens is 2. The lowest BCUT2D eigenvalue weighted by atomic mass is 10.0. The van der Waals surface area contributed by atoms with E-state index in [1.54, 1.807) is 0 Å². The van der Waals surface area contributed by atoms with Gasteiger partial charge in [0, 0.05) is 30.3 Å². The average Bonchev–Trinajstić information content (AvgIpc) is 3.36. The molecule has 1 saturated heterocycles. The van der Waals surface area contributed by atoms with Crippen molar-refractivity contribution in [3.8, 4) is 0 Å². The summed E-state index contributed by atoms with van der Waals surface area (Å²) in [6, 6.07) is 8.47. The minimum Gasteiger partial charge on any atom is -0.332 e. The van der Waals surface area contributed by atoms with Crippen LogP contribution in [-0.2, 0) is 25.9 Å². The summed E-state index contributed by atoms with van der Waals surface area (Å²) in [5, 5.41) is 4.99. The number of likely N-dealkylation sites (tertiary alicyclic amines) is 1. The van der Waals surface area contributed by atoms with Crippen LogP contribution in [0.5, 0.6) is 0 Å². The van der Waals surface area contributed by atoms with Crippen LogP contribution < -0.4 is 0 Å². The highest BCUT2D eigenvalue weighted by atomic mass is 16.2. The van der Waals surface area contributed by atoms with Crippen molar-refractivity contribution in [2.24, 2.45) is 0 Å². The first-order valence-electron chi connectivity index (χ1n) is 11.3. The van der Waals surface area contributed by atoms with Crippen LogP contribution in [0.3, 0.4) is 0 Å². The third kappa shape index (κ3) is 4.25. The van der Waals surface area contributed by atoms with E-state index >= 15 is 0 Å². The van der Waals surface area contributed by atoms with E-state index in [9.17, 15) is 4.79 Å². The molecule has 1 aromatic carbocycles. The Kier molecular flexibility index (Phi) is 6.04. The molecule has 0 spiro atoms. The molecular weight excluding hydrogens is 360 g/mol. The van der Waals surface area contributed by atoms with Gasteiger partial charge < -0.3 is 4.90 Å². The number of fused-ring (bicyclic) bond motifs is 1. The van der Waals surface area contributed by atoms with E-state index in [2.05, 4.69) is 42.5 Å². The van der Waals surface area contributed by atoms with Gasteiger partial charge in [-0.05, 0) is 70.3 Å². The molecular formula is C24H34N4O. The fourth-order valence-electron chi connectivity index (χ4n) is 4.68. The molecule has 29 heavy (non-hydrogen) atoms. The third-order valence-corrected chi connectivity index (χ3v) is 6.26. The number of amides is 1. The highest BCUT2D eigenvalue weighted by molar-refractivity contribution is 5.94. The maximum Gasteiger partial charge on any atom is 0.254 e. The van der Waals surface area contributed by atoms with Gasteiger partial charge in [-0.3, -0.25) is 14.4 Å². The van der Waals surface area contributed by atoms with Crippen molar-refractivity contribution in [1.82, 2.24) is 19.6 Å². The van der Waals surface area contributed by atoms with E-state index in [1.165, 1.54) is 48.4 Å². The smallest absolute Gasteiger partial charge is 0.254 e. The number of rotatable bonds is 6. The molecule has 0 N–H and O–H groups in total. The number of nitrogens with zero attached hydrogens (tertiary/aromatic N) is 4. The quantitative estimate of drug-likeness (QED) is 0.737. The molecule has 156 valence electrons. The molecule has 1 fully saturated rings. The lowest BCUT2D eigenvalue weighted by Crippen LogP contribution is -2.37. The van der Waals surface area contributed by atoms with E-state index in [0.29, 0.717) is 12.6 Å². The molecule has 1 amide bonds. The van der Waals surface area contributed by atoms with Crippen LogP contribution in [0, 0.1) is 0 Å². The Hall–Kier alpha value is -2.14. The predicted octanol–water partition coefficient (Wildman–Crippen LogP) is 4.21. The largest absolute Gasteiger partial charge is 0.332 e. The molecule has 3 heterocycles. The Morgan fingerprint density at radius 3 is 2.48 bits per heavy atom. The molecule has 0 atom stereocenters. The minimum atomic E-state index is 0.135. The summed E-state index contributed by atoms with van der Waals surface area (Å²) in [6.07, 6.45) is 5.69. The Balaban J connectivity index is 1.53. The first-order valence-corrected chi connectivity index (χ1v) is 11.3. The molecule has 1 aromatic heterocycles. The van der Waals surface area contributed by atoms with Gasteiger partial charge in [0.2, 0.25) is 0 Å². The van der Waals surface area contributed by atoms with Crippen LogP contribution >= 0.6 is 0 Å². The molecule has 5 heteroatoms. The van der Waals surface area contributed by atoms with Gasteiger partial charge in [0.05, 0.1) is 17.9 Å². The van der Waals surface area contributed by atoms with Crippen LogP contribution in [0.25, 0.3) is 0 Å². The molecule has 0 radical (unpaired) electrons. The van der Waals surface area contributed by atoms with Crippen LogP contribution in [0.2, 0.25) is 0 Å². The lowest BCUT2D eigenvalue weighted by Gasteiger charge is -2.29. The maximum atomic E-state index is 13.1. The van der Waals surface area contributed by atoms with Crippen molar-refractivity contribution in [1.29, 1.82) is 0 Å². The Morgan fingerprint density at radius 2 is 1.83 bits per heavy atom. The maximum absolute atomic E-state index is 13.1. The second-order valence-electron chi connectivity index (χ2n) is 8.82. The van der Waals surface area contributed by atoms with E-state index in [0.717, 1.165) is 37.9 Å². The molecule has 0 saturated carbocycles. The Morgan fingerprint density at radius 1 is 1.10 bits per heavy atom. The van der Waals surface area contributed by atoms with Gasteiger partial charge in [0.15, 0.2) is 0 Å². The van der Waals surface area contributed by atoms with E-state index < -0.39 is 0 Å². The van der Waals surface area contributed by atoms with Gasteiger partial charge in [0.25, 0.3) is 5.91 Å². The molecule has 5 nitrogen and oxygen atoms in total. The van der Waals surface area contributed by atoms with Crippen molar-refractivity contribution < 1.29 is 4.79 Å². The SMILES string of the molecule is CCCc1ccc(C(=O)N2CCc3c(CN4CCCC4)nn(C(C)C)c3C2)cc1. The topological polar surface area (TPSA) is 41.4 Å². The minimum absolute atomic E-state index is 0.135. The zero-order valence-corrected chi connectivity index (χ0v) is 18.2. The van der Waals surface area contributed by atoms with Gasteiger partial charge >= 0.3 is 0 Å². The first-order chi connectivity index (χ1) is 14.1. The summed E-state index contributed by atoms with van der Waals surface area (Å²) >= 11 is 0. The summed E-state index contributed by atoms with van der Waals surface area (Å²) in [6.45, 7) is 11.3.